The van der Waals surface area contributed by atoms with Gasteiger partial charge in [0.05, 0.1) is 12.4 Å². The summed E-state index contributed by atoms with van der Waals surface area (Å²) >= 11 is 1.57. The van der Waals surface area contributed by atoms with E-state index in [2.05, 4.69) is 5.32 Å². The molecule has 1 saturated carbocycles. The first-order valence-electron chi connectivity index (χ1n) is 5.78. The van der Waals surface area contributed by atoms with E-state index < -0.39 is 0 Å². The van der Waals surface area contributed by atoms with E-state index in [1.807, 2.05) is 24.3 Å². The summed E-state index contributed by atoms with van der Waals surface area (Å²) in [6.07, 6.45) is 2.28. The van der Waals surface area contributed by atoms with Crippen molar-refractivity contribution in [1.82, 2.24) is 5.32 Å². The molecule has 0 spiro atoms. The number of benzene rings is 1. The third-order valence-electron chi connectivity index (χ3n) is 2.55. The summed E-state index contributed by atoms with van der Waals surface area (Å²) in [6.45, 7) is 0.632. The molecule has 92 valence electrons. The second kappa shape index (κ2) is 6.07. The Morgan fingerprint density at radius 1 is 1.41 bits per heavy atom. The van der Waals surface area contributed by atoms with Gasteiger partial charge >= 0.3 is 0 Å². The maximum atomic E-state index is 11.5. The number of amides is 1. The van der Waals surface area contributed by atoms with Gasteiger partial charge in [0.15, 0.2) is 0 Å². The van der Waals surface area contributed by atoms with Gasteiger partial charge in [-0.05, 0) is 30.5 Å². The molecule has 0 radical (unpaired) electrons. The predicted octanol–water partition coefficient (Wildman–Crippen LogP) is 2.20. The zero-order valence-corrected chi connectivity index (χ0v) is 10.8. The fourth-order valence-electron chi connectivity index (χ4n) is 1.49. The summed E-state index contributed by atoms with van der Waals surface area (Å²) in [5.41, 5.74) is 1.15. The summed E-state index contributed by atoms with van der Waals surface area (Å²) in [6, 6.07) is 8.58. The van der Waals surface area contributed by atoms with Gasteiger partial charge in [-0.25, -0.2) is 0 Å². The van der Waals surface area contributed by atoms with Gasteiger partial charge in [0.2, 0.25) is 5.91 Å². The second-order valence-corrected chi connectivity index (χ2v) is 5.26. The second-order valence-electron chi connectivity index (χ2n) is 4.21. The molecule has 0 atom stereocenters. The van der Waals surface area contributed by atoms with Gasteiger partial charge in [0.25, 0.3) is 0 Å². The van der Waals surface area contributed by atoms with Gasteiger partial charge in [0.1, 0.15) is 0 Å². The zero-order chi connectivity index (χ0) is 12.1. The Labute approximate surface area is 106 Å². The van der Waals surface area contributed by atoms with Gasteiger partial charge < -0.3 is 10.1 Å². The van der Waals surface area contributed by atoms with Crippen molar-refractivity contribution in [3.8, 4) is 0 Å². The van der Waals surface area contributed by atoms with Crippen molar-refractivity contribution in [3.63, 3.8) is 0 Å². The summed E-state index contributed by atoms with van der Waals surface area (Å²) < 4.78 is 5.05. The largest absolute Gasteiger partial charge is 0.380 e. The molecule has 0 saturated heterocycles. The van der Waals surface area contributed by atoms with Gasteiger partial charge in [-0.3, -0.25) is 4.79 Å². The lowest BCUT2D eigenvalue weighted by atomic mass is 10.2. The molecule has 0 aromatic heterocycles. The third kappa shape index (κ3) is 4.40. The number of hydrogen-bond acceptors (Lipinski definition) is 3. The third-order valence-corrected chi connectivity index (χ3v) is 3.56. The number of carbonyl (C=O) groups excluding carboxylic acids is 1. The Hall–Kier alpha value is -1.00. The average Bonchev–Trinajstić information content (AvgIpc) is 3.12. The fourth-order valence-corrected chi connectivity index (χ4v) is 2.20. The highest BCUT2D eigenvalue weighted by atomic mass is 32.2. The molecular weight excluding hydrogens is 234 g/mol. The van der Waals surface area contributed by atoms with Crippen LogP contribution in [0.4, 0.5) is 0 Å². The van der Waals surface area contributed by atoms with E-state index in [1.165, 1.54) is 0 Å². The first kappa shape index (κ1) is 12.5. The molecule has 1 amide bonds. The number of ether oxygens (including phenoxy) is 1. The standard InChI is InChI=1S/C13H17NO2S/c1-16-8-10-2-6-12(7-3-10)17-9-13(15)14-11-4-5-11/h2-3,6-7,11H,4-5,8-9H2,1H3,(H,14,15). The van der Waals surface area contributed by atoms with Crippen LogP contribution in [0.15, 0.2) is 29.2 Å². The minimum Gasteiger partial charge on any atom is -0.380 e. The Kier molecular flexibility index (Phi) is 4.45. The molecule has 2 rings (SSSR count). The SMILES string of the molecule is COCc1ccc(SCC(=O)NC2CC2)cc1. The summed E-state index contributed by atoms with van der Waals surface area (Å²) in [7, 11) is 1.69. The van der Waals surface area contributed by atoms with Crippen LogP contribution in [-0.2, 0) is 16.1 Å². The van der Waals surface area contributed by atoms with Gasteiger partial charge in [-0.1, -0.05) is 12.1 Å². The Bertz CT molecular complexity index is 374. The average molecular weight is 251 g/mol. The first-order chi connectivity index (χ1) is 8.28. The van der Waals surface area contributed by atoms with E-state index in [0.29, 0.717) is 18.4 Å². The van der Waals surface area contributed by atoms with Crippen LogP contribution in [0.2, 0.25) is 0 Å². The number of thioether (sulfide) groups is 1. The zero-order valence-electron chi connectivity index (χ0n) is 9.94. The smallest absolute Gasteiger partial charge is 0.230 e. The van der Waals surface area contributed by atoms with E-state index in [1.54, 1.807) is 18.9 Å². The molecule has 1 aliphatic carbocycles. The quantitative estimate of drug-likeness (QED) is 0.788. The van der Waals surface area contributed by atoms with E-state index in [-0.39, 0.29) is 5.91 Å². The Balaban J connectivity index is 1.75. The fraction of sp³-hybridized carbons (Fsp3) is 0.462. The number of carbonyl (C=O) groups is 1. The molecule has 1 aliphatic rings. The maximum Gasteiger partial charge on any atom is 0.230 e. The van der Waals surface area contributed by atoms with Crippen molar-refractivity contribution in [2.24, 2.45) is 0 Å². The molecule has 0 bridgehead atoms. The van der Waals surface area contributed by atoms with Crippen LogP contribution < -0.4 is 5.32 Å². The van der Waals surface area contributed by atoms with Crippen molar-refractivity contribution >= 4 is 17.7 Å². The van der Waals surface area contributed by atoms with Crippen LogP contribution in [0.25, 0.3) is 0 Å². The normalized spacial score (nSPS) is 14.6. The highest BCUT2D eigenvalue weighted by Crippen LogP contribution is 2.21. The number of nitrogens with one attached hydrogen (secondary N) is 1. The first-order valence-corrected chi connectivity index (χ1v) is 6.76. The van der Waals surface area contributed by atoms with Crippen LogP contribution in [0.1, 0.15) is 18.4 Å². The Morgan fingerprint density at radius 2 is 2.12 bits per heavy atom. The van der Waals surface area contributed by atoms with Gasteiger partial charge in [-0.15, -0.1) is 11.8 Å². The van der Waals surface area contributed by atoms with Crippen LogP contribution in [-0.4, -0.2) is 24.8 Å². The van der Waals surface area contributed by atoms with E-state index >= 15 is 0 Å². The molecule has 0 unspecified atom stereocenters. The van der Waals surface area contributed by atoms with Crippen molar-refractivity contribution in [2.45, 2.75) is 30.4 Å². The molecule has 17 heavy (non-hydrogen) atoms. The number of hydrogen-bond donors (Lipinski definition) is 1. The monoisotopic (exact) mass is 251 g/mol. The molecule has 0 aliphatic heterocycles. The summed E-state index contributed by atoms with van der Waals surface area (Å²) in [4.78, 5) is 12.6. The maximum absolute atomic E-state index is 11.5. The lowest BCUT2D eigenvalue weighted by Crippen LogP contribution is -2.26. The lowest BCUT2D eigenvalue weighted by molar-refractivity contribution is -0.118. The van der Waals surface area contributed by atoms with Gasteiger partial charge in [0, 0.05) is 18.0 Å². The van der Waals surface area contributed by atoms with Crippen LogP contribution in [0.3, 0.4) is 0 Å². The van der Waals surface area contributed by atoms with Crippen molar-refractivity contribution in [3.05, 3.63) is 29.8 Å². The molecular formula is C13H17NO2S. The molecule has 3 nitrogen and oxygen atoms in total. The number of methoxy groups -OCH3 is 1. The number of rotatable bonds is 6. The van der Waals surface area contributed by atoms with Crippen molar-refractivity contribution in [1.29, 1.82) is 0 Å². The van der Waals surface area contributed by atoms with Crippen molar-refractivity contribution < 1.29 is 9.53 Å². The van der Waals surface area contributed by atoms with Crippen molar-refractivity contribution in [2.75, 3.05) is 12.9 Å². The van der Waals surface area contributed by atoms with Crippen LogP contribution in [0, 0.1) is 0 Å². The minimum absolute atomic E-state index is 0.137. The summed E-state index contributed by atoms with van der Waals surface area (Å²) in [5, 5.41) is 2.98. The topological polar surface area (TPSA) is 38.3 Å². The molecule has 4 heteroatoms. The van der Waals surface area contributed by atoms with E-state index in [4.69, 9.17) is 4.74 Å². The molecule has 1 N–H and O–H groups in total. The van der Waals surface area contributed by atoms with Crippen LogP contribution >= 0.6 is 11.8 Å². The summed E-state index contributed by atoms with van der Waals surface area (Å²) in [5.74, 6) is 0.638. The molecule has 1 aromatic carbocycles. The van der Waals surface area contributed by atoms with Gasteiger partial charge in [-0.2, -0.15) is 0 Å². The minimum atomic E-state index is 0.137. The molecule has 1 fully saturated rings. The molecule has 0 heterocycles. The molecule has 1 aromatic rings. The highest BCUT2D eigenvalue weighted by Gasteiger charge is 2.22. The van der Waals surface area contributed by atoms with Crippen LogP contribution in [0.5, 0.6) is 0 Å². The predicted molar refractivity (Wildman–Crippen MR) is 69.0 cm³/mol. The van der Waals surface area contributed by atoms with E-state index in [0.717, 1.165) is 23.3 Å². The Morgan fingerprint density at radius 3 is 2.71 bits per heavy atom. The van der Waals surface area contributed by atoms with E-state index in [9.17, 15) is 4.79 Å². The lowest BCUT2D eigenvalue weighted by Gasteiger charge is -2.04. The highest BCUT2D eigenvalue weighted by molar-refractivity contribution is 8.00.